The molecule has 1 N–H and O–H groups in total. The van der Waals surface area contributed by atoms with E-state index >= 15 is 0 Å². The number of halogens is 1. The summed E-state index contributed by atoms with van der Waals surface area (Å²) in [7, 11) is 0. The van der Waals surface area contributed by atoms with E-state index in [4.69, 9.17) is 0 Å². The van der Waals surface area contributed by atoms with E-state index in [1.54, 1.807) is 12.1 Å². The Kier molecular flexibility index (Phi) is 3.09. The van der Waals surface area contributed by atoms with Crippen molar-refractivity contribution in [2.75, 3.05) is 0 Å². The Morgan fingerprint density at radius 2 is 2.15 bits per heavy atom. The highest BCUT2D eigenvalue weighted by atomic mass is 79.9. The molecule has 13 heavy (non-hydrogen) atoms. The van der Waals surface area contributed by atoms with Crippen LogP contribution in [-0.4, -0.2) is 10.9 Å². The summed E-state index contributed by atoms with van der Waals surface area (Å²) in [6, 6.07) is 3.44. The van der Waals surface area contributed by atoms with Crippen molar-refractivity contribution in [1.29, 1.82) is 0 Å². The van der Waals surface area contributed by atoms with Crippen molar-refractivity contribution in [2.45, 2.75) is 20.3 Å². The van der Waals surface area contributed by atoms with Crippen molar-refractivity contribution in [2.24, 2.45) is 0 Å². The predicted molar refractivity (Wildman–Crippen MR) is 54.9 cm³/mol. The number of phenols is 1. The summed E-state index contributed by atoms with van der Waals surface area (Å²) >= 11 is 3.35. The van der Waals surface area contributed by atoms with Crippen LogP contribution in [-0.2, 0) is 11.2 Å². The summed E-state index contributed by atoms with van der Waals surface area (Å²) in [4.78, 5) is 10.8. The molecule has 0 radical (unpaired) electrons. The van der Waals surface area contributed by atoms with Gasteiger partial charge in [-0.1, -0.05) is 15.9 Å². The number of rotatable bonds is 2. The zero-order valence-electron chi connectivity index (χ0n) is 7.60. The molecule has 0 spiro atoms. The highest BCUT2D eigenvalue weighted by Crippen LogP contribution is 2.26. The average Bonchev–Trinajstić information content (AvgIpc) is 1.99. The van der Waals surface area contributed by atoms with Gasteiger partial charge in [0.1, 0.15) is 11.5 Å². The van der Waals surface area contributed by atoms with Crippen LogP contribution in [0.2, 0.25) is 0 Å². The Labute approximate surface area is 85.7 Å². The number of benzene rings is 1. The van der Waals surface area contributed by atoms with Crippen molar-refractivity contribution in [3.63, 3.8) is 0 Å². The maximum Gasteiger partial charge on any atom is 0.134 e. The molecule has 0 aliphatic heterocycles. The summed E-state index contributed by atoms with van der Waals surface area (Å²) in [5.74, 6) is 0.238. The summed E-state index contributed by atoms with van der Waals surface area (Å²) < 4.78 is 0.918. The summed E-state index contributed by atoms with van der Waals surface area (Å²) in [6.45, 7) is 3.40. The first-order chi connectivity index (χ1) is 6.00. The van der Waals surface area contributed by atoms with Gasteiger partial charge in [0, 0.05) is 16.5 Å². The molecule has 0 fully saturated rings. The van der Waals surface area contributed by atoms with E-state index in [1.807, 2.05) is 6.92 Å². The second kappa shape index (κ2) is 3.92. The Balaban J connectivity index is 3.08. The number of phenolic OH excluding ortho intramolecular Hbond substituents is 1. The third-order valence-electron chi connectivity index (χ3n) is 1.80. The lowest BCUT2D eigenvalue weighted by Crippen LogP contribution is -1.97. The number of carbonyl (C=O) groups excluding carboxylic acids is 1. The topological polar surface area (TPSA) is 37.3 Å². The molecule has 0 bridgehead atoms. The molecular weight excluding hydrogens is 232 g/mol. The molecule has 0 unspecified atom stereocenters. The van der Waals surface area contributed by atoms with Gasteiger partial charge in [0.25, 0.3) is 0 Å². The molecule has 0 aliphatic rings. The quantitative estimate of drug-likeness (QED) is 0.866. The van der Waals surface area contributed by atoms with Crippen LogP contribution in [0.1, 0.15) is 18.1 Å². The summed E-state index contributed by atoms with van der Waals surface area (Å²) in [5, 5.41) is 9.49. The lowest BCUT2D eigenvalue weighted by molar-refractivity contribution is -0.116. The number of aromatic hydroxyl groups is 1. The highest BCUT2D eigenvalue weighted by Gasteiger charge is 2.06. The van der Waals surface area contributed by atoms with Crippen LogP contribution in [0.4, 0.5) is 0 Å². The average molecular weight is 243 g/mol. The lowest BCUT2D eigenvalue weighted by atomic mass is 10.1. The molecule has 0 saturated carbocycles. The minimum Gasteiger partial charge on any atom is -0.508 e. The zero-order chi connectivity index (χ0) is 10.0. The van der Waals surface area contributed by atoms with Crippen LogP contribution in [0.5, 0.6) is 5.75 Å². The largest absolute Gasteiger partial charge is 0.508 e. The van der Waals surface area contributed by atoms with E-state index in [2.05, 4.69) is 15.9 Å². The fourth-order valence-electron chi connectivity index (χ4n) is 1.12. The van der Waals surface area contributed by atoms with Crippen molar-refractivity contribution in [1.82, 2.24) is 0 Å². The Morgan fingerprint density at radius 3 is 2.69 bits per heavy atom. The molecule has 1 aromatic rings. The van der Waals surface area contributed by atoms with Crippen LogP contribution in [0.25, 0.3) is 0 Å². The van der Waals surface area contributed by atoms with E-state index in [9.17, 15) is 9.90 Å². The summed E-state index contributed by atoms with van der Waals surface area (Å²) in [5.41, 5.74) is 1.63. The fourth-order valence-corrected chi connectivity index (χ4v) is 1.51. The van der Waals surface area contributed by atoms with Gasteiger partial charge in [0.05, 0.1) is 0 Å². The number of aryl methyl sites for hydroxylation is 1. The van der Waals surface area contributed by atoms with Crippen molar-refractivity contribution >= 4 is 21.7 Å². The molecular formula is C10H11BrO2. The van der Waals surface area contributed by atoms with Gasteiger partial charge in [0.15, 0.2) is 0 Å². The van der Waals surface area contributed by atoms with E-state index in [0.29, 0.717) is 5.56 Å². The van der Waals surface area contributed by atoms with Crippen LogP contribution in [0, 0.1) is 6.92 Å². The van der Waals surface area contributed by atoms with Gasteiger partial charge in [-0.3, -0.25) is 4.79 Å². The SMILES string of the molecule is CC(=O)Cc1cc(Br)c(C)cc1O. The maximum absolute atomic E-state index is 10.8. The van der Waals surface area contributed by atoms with Gasteiger partial charge in [-0.25, -0.2) is 0 Å². The number of carbonyl (C=O) groups is 1. The third kappa shape index (κ3) is 2.56. The van der Waals surface area contributed by atoms with E-state index in [0.717, 1.165) is 10.0 Å². The van der Waals surface area contributed by atoms with Crippen molar-refractivity contribution in [3.05, 3.63) is 27.7 Å². The molecule has 1 rings (SSSR count). The third-order valence-corrected chi connectivity index (χ3v) is 2.65. The summed E-state index contributed by atoms with van der Waals surface area (Å²) in [6.07, 6.45) is 0.282. The van der Waals surface area contributed by atoms with Crippen LogP contribution in [0.15, 0.2) is 16.6 Å². The van der Waals surface area contributed by atoms with E-state index in [-0.39, 0.29) is 18.0 Å². The standard InChI is InChI=1S/C10H11BrO2/c1-6-3-10(13)8(4-7(2)12)5-9(6)11/h3,5,13H,4H2,1-2H3. The second-order valence-corrected chi connectivity index (χ2v) is 3.96. The first-order valence-electron chi connectivity index (χ1n) is 3.98. The molecule has 0 heterocycles. The molecule has 3 heteroatoms. The van der Waals surface area contributed by atoms with Gasteiger partial charge in [-0.15, -0.1) is 0 Å². The van der Waals surface area contributed by atoms with Crippen LogP contribution in [0.3, 0.4) is 0 Å². The van der Waals surface area contributed by atoms with E-state index < -0.39 is 0 Å². The number of ketones is 1. The Bertz CT molecular complexity index is 345. The fraction of sp³-hybridized carbons (Fsp3) is 0.300. The number of hydrogen-bond acceptors (Lipinski definition) is 2. The Morgan fingerprint density at radius 1 is 1.54 bits per heavy atom. The molecule has 1 aromatic carbocycles. The molecule has 0 atom stereocenters. The van der Waals surface area contributed by atoms with Gasteiger partial charge in [-0.05, 0) is 31.5 Å². The molecule has 0 aliphatic carbocycles. The first-order valence-corrected chi connectivity index (χ1v) is 4.77. The van der Waals surface area contributed by atoms with E-state index in [1.165, 1.54) is 6.92 Å². The molecule has 0 aromatic heterocycles. The molecule has 70 valence electrons. The lowest BCUT2D eigenvalue weighted by Gasteiger charge is -2.05. The first kappa shape index (κ1) is 10.3. The minimum atomic E-state index is 0.0473. The Hall–Kier alpha value is -0.830. The minimum absolute atomic E-state index is 0.0473. The normalized spacial score (nSPS) is 10.1. The number of Topliss-reactive ketones (excluding diaryl/α,β-unsaturated/α-hetero) is 1. The van der Waals surface area contributed by atoms with Crippen LogP contribution < -0.4 is 0 Å². The van der Waals surface area contributed by atoms with Crippen molar-refractivity contribution < 1.29 is 9.90 Å². The monoisotopic (exact) mass is 242 g/mol. The van der Waals surface area contributed by atoms with Gasteiger partial charge < -0.3 is 5.11 Å². The second-order valence-electron chi connectivity index (χ2n) is 3.11. The highest BCUT2D eigenvalue weighted by molar-refractivity contribution is 9.10. The smallest absolute Gasteiger partial charge is 0.134 e. The predicted octanol–water partition coefficient (Wildman–Crippen LogP) is 2.59. The maximum atomic E-state index is 10.8. The molecule has 2 nitrogen and oxygen atoms in total. The molecule has 0 amide bonds. The van der Waals surface area contributed by atoms with Gasteiger partial charge >= 0.3 is 0 Å². The van der Waals surface area contributed by atoms with Gasteiger partial charge in [0.2, 0.25) is 0 Å². The van der Waals surface area contributed by atoms with Crippen LogP contribution >= 0.6 is 15.9 Å². The van der Waals surface area contributed by atoms with Gasteiger partial charge in [-0.2, -0.15) is 0 Å². The molecule has 0 saturated heterocycles. The van der Waals surface area contributed by atoms with Crippen molar-refractivity contribution in [3.8, 4) is 5.75 Å². The number of hydrogen-bond donors (Lipinski definition) is 1. The zero-order valence-corrected chi connectivity index (χ0v) is 9.18.